The minimum atomic E-state index is 0.0979. The minimum Gasteiger partial charge on any atom is -0.493 e. The highest BCUT2D eigenvalue weighted by atomic mass is 16.5. The summed E-state index contributed by atoms with van der Waals surface area (Å²) in [4.78, 5) is 19.9. The predicted molar refractivity (Wildman–Crippen MR) is 135 cm³/mol. The molecule has 2 aromatic rings. The first kappa shape index (κ1) is 23.6. The number of hydrogen-bond donors (Lipinski definition) is 0. The zero-order valence-corrected chi connectivity index (χ0v) is 20.7. The van der Waals surface area contributed by atoms with Crippen LogP contribution in [0.15, 0.2) is 48.5 Å². The summed E-state index contributed by atoms with van der Waals surface area (Å²) in [6.07, 6.45) is 2.39. The Morgan fingerprint density at radius 1 is 0.909 bits per heavy atom. The summed E-state index contributed by atoms with van der Waals surface area (Å²) >= 11 is 0. The van der Waals surface area contributed by atoms with Crippen molar-refractivity contribution < 1.29 is 9.53 Å². The molecule has 2 aromatic carbocycles. The van der Waals surface area contributed by atoms with Gasteiger partial charge in [-0.05, 0) is 80.2 Å². The van der Waals surface area contributed by atoms with E-state index in [2.05, 4.69) is 61.9 Å². The van der Waals surface area contributed by atoms with Gasteiger partial charge < -0.3 is 19.4 Å². The molecule has 178 valence electrons. The van der Waals surface area contributed by atoms with Gasteiger partial charge in [-0.15, -0.1) is 0 Å². The molecule has 33 heavy (non-hydrogen) atoms. The number of likely N-dealkylation sites (tertiary alicyclic amines) is 1. The number of benzene rings is 2. The third-order valence-corrected chi connectivity index (χ3v) is 7.04. The third kappa shape index (κ3) is 5.89. The molecule has 5 nitrogen and oxygen atoms in total. The topological polar surface area (TPSA) is 36.0 Å². The van der Waals surface area contributed by atoms with E-state index in [0.717, 1.165) is 57.2 Å². The van der Waals surface area contributed by atoms with Crippen molar-refractivity contribution >= 4 is 11.6 Å². The van der Waals surface area contributed by atoms with Gasteiger partial charge >= 0.3 is 0 Å². The van der Waals surface area contributed by atoms with Crippen molar-refractivity contribution in [1.29, 1.82) is 0 Å². The van der Waals surface area contributed by atoms with Gasteiger partial charge in [0.25, 0.3) is 5.91 Å². The van der Waals surface area contributed by atoms with Crippen LogP contribution in [0.25, 0.3) is 0 Å². The van der Waals surface area contributed by atoms with E-state index in [1.54, 1.807) is 0 Å². The fraction of sp³-hybridized carbons (Fsp3) is 0.536. The van der Waals surface area contributed by atoms with Gasteiger partial charge in [-0.3, -0.25) is 4.79 Å². The molecular formula is C28H39N3O2. The van der Waals surface area contributed by atoms with Crippen molar-refractivity contribution in [2.24, 2.45) is 5.92 Å². The molecule has 5 heteroatoms. The predicted octanol–water partition coefficient (Wildman–Crippen LogP) is 4.67. The number of rotatable bonds is 5. The van der Waals surface area contributed by atoms with Crippen LogP contribution in [0.2, 0.25) is 0 Å². The maximum absolute atomic E-state index is 13.1. The first-order chi connectivity index (χ1) is 15.8. The van der Waals surface area contributed by atoms with Crippen LogP contribution >= 0.6 is 0 Å². The number of ether oxygens (including phenoxy) is 1. The zero-order valence-electron chi connectivity index (χ0n) is 20.7. The largest absolute Gasteiger partial charge is 0.493 e. The number of piperidine rings is 1. The smallest absolute Gasteiger partial charge is 0.253 e. The van der Waals surface area contributed by atoms with Crippen LogP contribution < -0.4 is 9.64 Å². The van der Waals surface area contributed by atoms with Crippen molar-refractivity contribution in [2.45, 2.75) is 39.0 Å². The van der Waals surface area contributed by atoms with E-state index in [4.69, 9.17) is 4.74 Å². The average molecular weight is 450 g/mol. The van der Waals surface area contributed by atoms with Crippen molar-refractivity contribution in [3.05, 3.63) is 59.7 Å². The molecule has 2 heterocycles. The van der Waals surface area contributed by atoms with Crippen molar-refractivity contribution in [3.63, 3.8) is 0 Å². The normalized spacial score (nSPS) is 18.4. The Kier molecular flexibility index (Phi) is 7.28. The Morgan fingerprint density at radius 2 is 1.55 bits per heavy atom. The molecule has 0 atom stereocenters. The lowest BCUT2D eigenvalue weighted by molar-refractivity contribution is 0.0746. The van der Waals surface area contributed by atoms with E-state index in [9.17, 15) is 4.79 Å². The Morgan fingerprint density at radius 3 is 2.18 bits per heavy atom. The van der Waals surface area contributed by atoms with Crippen LogP contribution in [0, 0.1) is 5.92 Å². The van der Waals surface area contributed by atoms with E-state index in [1.807, 2.05) is 29.2 Å². The lowest BCUT2D eigenvalue weighted by Crippen LogP contribution is -2.49. The van der Waals surface area contributed by atoms with Crippen LogP contribution in [-0.2, 0) is 5.41 Å². The van der Waals surface area contributed by atoms with E-state index >= 15 is 0 Å². The van der Waals surface area contributed by atoms with E-state index < -0.39 is 0 Å². The Bertz CT molecular complexity index is 919. The molecule has 0 radical (unpaired) electrons. The highest BCUT2D eigenvalue weighted by Crippen LogP contribution is 2.32. The number of piperazine rings is 1. The van der Waals surface area contributed by atoms with Gasteiger partial charge in [0.05, 0.1) is 6.61 Å². The summed E-state index contributed by atoms with van der Waals surface area (Å²) in [5.74, 6) is 1.59. The molecule has 2 aliphatic heterocycles. The minimum absolute atomic E-state index is 0.0979. The first-order valence-corrected chi connectivity index (χ1v) is 12.4. The van der Waals surface area contributed by atoms with Crippen LogP contribution in [0.1, 0.15) is 49.5 Å². The monoisotopic (exact) mass is 449 g/mol. The summed E-state index contributed by atoms with van der Waals surface area (Å²) in [7, 11) is 2.18. The number of nitrogens with zero attached hydrogens (tertiary/aromatic N) is 3. The summed E-state index contributed by atoms with van der Waals surface area (Å²) < 4.78 is 6.01. The zero-order chi connectivity index (χ0) is 23.4. The standard InChI is InChI=1S/C28H39N3O2/c1-28(2,3)25-7-5-6-8-26(25)30-17-19-31(20-18-30)27(32)23-9-11-24(12-10-23)33-21-22-13-15-29(4)16-14-22/h5-12,22H,13-21H2,1-4H3. The second kappa shape index (κ2) is 10.2. The fourth-order valence-electron chi connectivity index (χ4n) is 4.85. The van der Waals surface area contributed by atoms with Crippen molar-refractivity contribution in [2.75, 3.05) is 57.8 Å². The molecule has 0 spiro atoms. The molecule has 0 aromatic heterocycles. The molecule has 2 fully saturated rings. The quantitative estimate of drug-likeness (QED) is 0.665. The number of anilines is 1. The number of amides is 1. The molecular weight excluding hydrogens is 410 g/mol. The molecule has 0 bridgehead atoms. The Balaban J connectivity index is 1.30. The second-order valence-electron chi connectivity index (χ2n) is 10.6. The van der Waals surface area contributed by atoms with Crippen LogP contribution in [0.3, 0.4) is 0 Å². The van der Waals surface area contributed by atoms with Crippen LogP contribution in [0.5, 0.6) is 5.75 Å². The molecule has 2 aliphatic rings. The van der Waals surface area contributed by atoms with Crippen LogP contribution in [0.4, 0.5) is 5.69 Å². The molecule has 2 saturated heterocycles. The van der Waals surface area contributed by atoms with Gasteiger partial charge in [0.1, 0.15) is 5.75 Å². The second-order valence-corrected chi connectivity index (χ2v) is 10.6. The molecule has 0 unspecified atom stereocenters. The summed E-state index contributed by atoms with van der Waals surface area (Å²) in [5, 5.41) is 0. The van der Waals surface area contributed by atoms with Gasteiger partial charge in [0, 0.05) is 37.4 Å². The van der Waals surface area contributed by atoms with Crippen LogP contribution in [-0.4, -0.2) is 68.6 Å². The summed E-state index contributed by atoms with van der Waals surface area (Å²) in [5.41, 5.74) is 3.50. The summed E-state index contributed by atoms with van der Waals surface area (Å²) in [6, 6.07) is 16.4. The van der Waals surface area contributed by atoms with Gasteiger partial charge in [-0.2, -0.15) is 0 Å². The van der Waals surface area contributed by atoms with Gasteiger partial charge in [-0.1, -0.05) is 39.0 Å². The van der Waals surface area contributed by atoms with E-state index in [1.165, 1.54) is 24.1 Å². The van der Waals surface area contributed by atoms with Gasteiger partial charge in [0.2, 0.25) is 0 Å². The maximum Gasteiger partial charge on any atom is 0.253 e. The van der Waals surface area contributed by atoms with E-state index in [-0.39, 0.29) is 11.3 Å². The van der Waals surface area contributed by atoms with Crippen molar-refractivity contribution in [1.82, 2.24) is 9.80 Å². The van der Waals surface area contributed by atoms with E-state index in [0.29, 0.717) is 5.92 Å². The van der Waals surface area contributed by atoms with Gasteiger partial charge in [-0.25, -0.2) is 0 Å². The fourth-order valence-corrected chi connectivity index (χ4v) is 4.85. The highest BCUT2D eigenvalue weighted by molar-refractivity contribution is 5.94. The SMILES string of the molecule is CN1CCC(COc2ccc(C(=O)N3CCN(c4ccccc4C(C)(C)C)CC3)cc2)CC1. The average Bonchev–Trinajstić information content (AvgIpc) is 2.83. The molecule has 0 N–H and O–H groups in total. The number of carbonyl (C=O) groups is 1. The third-order valence-electron chi connectivity index (χ3n) is 7.04. The lowest BCUT2D eigenvalue weighted by atomic mass is 9.85. The lowest BCUT2D eigenvalue weighted by Gasteiger charge is -2.38. The summed E-state index contributed by atoms with van der Waals surface area (Å²) in [6.45, 7) is 13.0. The Hall–Kier alpha value is -2.53. The molecule has 1 amide bonds. The molecule has 4 rings (SSSR count). The van der Waals surface area contributed by atoms with Crippen molar-refractivity contribution in [3.8, 4) is 5.75 Å². The molecule has 0 saturated carbocycles. The first-order valence-electron chi connectivity index (χ1n) is 12.4. The number of para-hydroxylation sites is 1. The Labute approximate surface area is 199 Å². The number of carbonyl (C=O) groups excluding carboxylic acids is 1. The molecule has 0 aliphatic carbocycles. The van der Waals surface area contributed by atoms with Gasteiger partial charge in [0.15, 0.2) is 0 Å². The highest BCUT2D eigenvalue weighted by Gasteiger charge is 2.26. The maximum atomic E-state index is 13.1. The number of hydrogen-bond acceptors (Lipinski definition) is 4.